The van der Waals surface area contributed by atoms with Crippen LogP contribution in [-0.2, 0) is 9.84 Å². The lowest BCUT2D eigenvalue weighted by Crippen LogP contribution is -2.12. The summed E-state index contributed by atoms with van der Waals surface area (Å²) in [5.74, 6) is -0.259. The maximum absolute atomic E-state index is 13.1. The smallest absolute Gasteiger partial charge is 0.255 e. The molecule has 5 aromatic rings. The van der Waals surface area contributed by atoms with Gasteiger partial charge in [-0.15, -0.1) is 0 Å². The zero-order valence-electron chi connectivity index (χ0n) is 20.0. The summed E-state index contributed by atoms with van der Waals surface area (Å²) in [6, 6.07) is 24.4. The Hall–Kier alpha value is -4.10. The fourth-order valence-corrected chi connectivity index (χ4v) is 5.81. The molecule has 0 bridgehead atoms. The number of pyridine rings is 2. The zero-order chi connectivity index (χ0) is 25.3. The fraction of sp³-hybridized carbons (Fsp3) is 0.138. The molecule has 1 atom stereocenters. The minimum absolute atomic E-state index is 0.259. The zero-order valence-corrected chi connectivity index (χ0v) is 20.8. The first-order valence-corrected chi connectivity index (χ1v) is 13.6. The Kier molecular flexibility index (Phi) is 6.24. The van der Waals surface area contributed by atoms with E-state index in [-0.39, 0.29) is 5.91 Å². The van der Waals surface area contributed by atoms with Crippen molar-refractivity contribution < 1.29 is 13.2 Å². The molecular formula is C29H25N3O3S. The van der Waals surface area contributed by atoms with Crippen LogP contribution in [0, 0.1) is 0 Å². The number of nitrogens with one attached hydrogen (secondary N) is 1. The summed E-state index contributed by atoms with van der Waals surface area (Å²) >= 11 is 0. The van der Waals surface area contributed by atoms with E-state index < -0.39 is 15.1 Å². The summed E-state index contributed by atoms with van der Waals surface area (Å²) in [4.78, 5) is 22.1. The second-order valence-electron chi connectivity index (χ2n) is 8.82. The summed E-state index contributed by atoms with van der Waals surface area (Å²) in [6.45, 7) is 1.87. The van der Waals surface area contributed by atoms with Crippen molar-refractivity contribution in [3.05, 3.63) is 102 Å². The molecule has 1 N–H and O–H groups in total. The van der Waals surface area contributed by atoms with Gasteiger partial charge in [-0.05, 0) is 60.0 Å². The van der Waals surface area contributed by atoms with E-state index in [1.165, 1.54) is 6.26 Å². The largest absolute Gasteiger partial charge is 0.321 e. The predicted molar refractivity (Wildman–Crippen MR) is 145 cm³/mol. The van der Waals surface area contributed by atoms with Crippen LogP contribution in [0.15, 0.2) is 91.3 Å². The van der Waals surface area contributed by atoms with Gasteiger partial charge in [0.15, 0.2) is 9.84 Å². The molecule has 2 heterocycles. The van der Waals surface area contributed by atoms with E-state index in [0.29, 0.717) is 23.2 Å². The molecule has 0 fully saturated rings. The van der Waals surface area contributed by atoms with Gasteiger partial charge in [-0.2, -0.15) is 0 Å². The molecule has 180 valence electrons. The normalized spacial score (nSPS) is 12.5. The first kappa shape index (κ1) is 23.6. The van der Waals surface area contributed by atoms with Crippen molar-refractivity contribution in [3.8, 4) is 11.1 Å². The van der Waals surface area contributed by atoms with Gasteiger partial charge in [0.25, 0.3) is 5.91 Å². The van der Waals surface area contributed by atoms with Crippen LogP contribution in [0.5, 0.6) is 0 Å². The maximum Gasteiger partial charge on any atom is 0.255 e. The lowest BCUT2D eigenvalue weighted by molar-refractivity contribution is 0.102. The van der Waals surface area contributed by atoms with Gasteiger partial charge in [0, 0.05) is 34.4 Å². The van der Waals surface area contributed by atoms with Crippen molar-refractivity contribution in [1.29, 1.82) is 0 Å². The van der Waals surface area contributed by atoms with Crippen LogP contribution in [0.4, 0.5) is 5.69 Å². The quantitative estimate of drug-likeness (QED) is 0.303. The number of aromatic nitrogens is 2. The van der Waals surface area contributed by atoms with Crippen LogP contribution in [0.2, 0.25) is 0 Å². The van der Waals surface area contributed by atoms with Crippen LogP contribution in [0.3, 0.4) is 0 Å². The summed E-state index contributed by atoms with van der Waals surface area (Å²) in [7, 11) is -3.30. The minimum atomic E-state index is -3.30. The van der Waals surface area contributed by atoms with Crippen LogP contribution >= 0.6 is 0 Å². The van der Waals surface area contributed by atoms with Crippen molar-refractivity contribution in [2.45, 2.75) is 18.6 Å². The van der Waals surface area contributed by atoms with E-state index in [2.05, 4.69) is 15.3 Å². The second kappa shape index (κ2) is 9.51. The van der Waals surface area contributed by atoms with Crippen LogP contribution in [0.1, 0.15) is 34.5 Å². The Morgan fingerprint density at radius 3 is 2.53 bits per heavy atom. The molecule has 36 heavy (non-hydrogen) atoms. The number of benzene rings is 3. The van der Waals surface area contributed by atoms with E-state index >= 15 is 0 Å². The molecule has 1 unspecified atom stereocenters. The third-order valence-electron chi connectivity index (χ3n) is 6.27. The molecule has 1 amide bonds. The van der Waals surface area contributed by atoms with Crippen molar-refractivity contribution in [1.82, 2.24) is 9.97 Å². The van der Waals surface area contributed by atoms with E-state index in [1.54, 1.807) is 24.5 Å². The average molecular weight is 496 g/mol. The Morgan fingerprint density at radius 2 is 1.72 bits per heavy atom. The lowest BCUT2D eigenvalue weighted by Gasteiger charge is -2.17. The van der Waals surface area contributed by atoms with Crippen molar-refractivity contribution in [2.75, 3.05) is 11.6 Å². The monoisotopic (exact) mass is 495 g/mol. The number of hydrogen-bond acceptors (Lipinski definition) is 5. The van der Waals surface area contributed by atoms with Crippen molar-refractivity contribution in [2.24, 2.45) is 0 Å². The van der Waals surface area contributed by atoms with Gasteiger partial charge in [-0.1, -0.05) is 43.3 Å². The van der Waals surface area contributed by atoms with Gasteiger partial charge in [-0.3, -0.25) is 14.8 Å². The third kappa shape index (κ3) is 4.70. The first-order valence-electron chi connectivity index (χ1n) is 11.7. The Morgan fingerprint density at radius 1 is 0.917 bits per heavy atom. The molecule has 0 saturated carbocycles. The van der Waals surface area contributed by atoms with E-state index in [1.807, 2.05) is 73.7 Å². The third-order valence-corrected chi connectivity index (χ3v) is 7.91. The summed E-state index contributed by atoms with van der Waals surface area (Å²) < 4.78 is 24.9. The highest BCUT2D eigenvalue weighted by Gasteiger charge is 2.23. The number of rotatable bonds is 6. The fourth-order valence-electron chi connectivity index (χ4n) is 4.58. The number of amides is 1. The predicted octanol–water partition coefficient (Wildman–Crippen LogP) is 6.20. The summed E-state index contributed by atoms with van der Waals surface area (Å²) in [5, 5.41) is 4.10. The molecule has 0 aliphatic heterocycles. The van der Waals surface area contributed by atoms with Gasteiger partial charge in [0.1, 0.15) is 0 Å². The number of carbonyl (C=O) groups excluding carboxylic acids is 1. The topological polar surface area (TPSA) is 89.0 Å². The number of sulfone groups is 1. The minimum Gasteiger partial charge on any atom is -0.321 e. The Bertz CT molecular complexity index is 1710. The van der Waals surface area contributed by atoms with Crippen LogP contribution < -0.4 is 5.32 Å². The molecule has 0 radical (unpaired) electrons. The van der Waals surface area contributed by atoms with Gasteiger partial charge in [-0.25, -0.2) is 8.42 Å². The molecule has 7 heteroatoms. The Balaban J connectivity index is 1.54. The van der Waals surface area contributed by atoms with E-state index in [9.17, 15) is 13.2 Å². The molecular weight excluding hydrogens is 470 g/mol. The maximum atomic E-state index is 13.1. The molecule has 2 aromatic heterocycles. The van der Waals surface area contributed by atoms with Gasteiger partial charge >= 0.3 is 0 Å². The highest BCUT2D eigenvalue weighted by molar-refractivity contribution is 7.90. The lowest BCUT2D eigenvalue weighted by atomic mass is 9.95. The van der Waals surface area contributed by atoms with Crippen LogP contribution in [-0.4, -0.2) is 30.5 Å². The Labute approximate surface area is 210 Å². The van der Waals surface area contributed by atoms with Gasteiger partial charge in [0.2, 0.25) is 0 Å². The molecule has 0 saturated heterocycles. The van der Waals surface area contributed by atoms with Crippen LogP contribution in [0.25, 0.3) is 32.9 Å². The molecule has 0 aliphatic carbocycles. The average Bonchev–Trinajstić information content (AvgIpc) is 2.88. The summed E-state index contributed by atoms with van der Waals surface area (Å²) in [6.07, 6.45) is 5.08. The number of hydrogen-bond donors (Lipinski definition) is 1. The second-order valence-corrected chi connectivity index (χ2v) is 11.0. The molecule has 0 aliphatic rings. The van der Waals surface area contributed by atoms with E-state index in [4.69, 9.17) is 0 Å². The van der Waals surface area contributed by atoms with Crippen molar-refractivity contribution in [3.63, 3.8) is 0 Å². The van der Waals surface area contributed by atoms with E-state index in [0.717, 1.165) is 32.9 Å². The molecule has 5 rings (SSSR count). The summed E-state index contributed by atoms with van der Waals surface area (Å²) in [5.41, 5.74) is 4.98. The highest BCUT2D eigenvalue weighted by atomic mass is 32.2. The molecule has 6 nitrogen and oxygen atoms in total. The van der Waals surface area contributed by atoms with Gasteiger partial charge in [0.05, 0.1) is 28.2 Å². The number of nitrogens with zero attached hydrogens (tertiary/aromatic N) is 2. The standard InChI is InChI=1S/C29H25N3O3S/c1-3-27(36(2,34)35)23-15-21-11-7-13-30-28(21)25(17-23)19-9-6-10-22(14-19)29(33)32-24-16-20-8-4-5-12-26(20)31-18-24/h4-18,27H,3H2,1-2H3,(H,32,33). The first-order chi connectivity index (χ1) is 17.3. The molecule has 0 spiro atoms. The van der Waals surface area contributed by atoms with Crippen molar-refractivity contribution >= 4 is 43.2 Å². The SMILES string of the molecule is CCC(c1cc(-c2cccc(C(=O)Nc3cnc4ccccc4c3)c2)c2ncccc2c1)S(C)(=O)=O. The number of anilines is 1. The number of fused-ring (bicyclic) bond motifs is 2. The number of carbonyl (C=O) groups is 1. The highest BCUT2D eigenvalue weighted by Crippen LogP contribution is 2.35. The van der Waals surface area contributed by atoms with Gasteiger partial charge < -0.3 is 5.32 Å². The number of para-hydroxylation sites is 1. The molecule has 3 aromatic carbocycles.